The summed E-state index contributed by atoms with van der Waals surface area (Å²) in [6, 6.07) is 13.0. The van der Waals surface area contributed by atoms with Crippen molar-refractivity contribution in [2.45, 2.75) is 45.1 Å². The monoisotopic (exact) mass is 499 g/mol. The first-order chi connectivity index (χ1) is 15.9. The minimum absolute atomic E-state index is 0.0218. The number of aromatic nitrogens is 1. The van der Waals surface area contributed by atoms with Gasteiger partial charge in [0.05, 0.1) is 22.4 Å². The predicted molar refractivity (Wildman–Crippen MR) is 135 cm³/mol. The van der Waals surface area contributed by atoms with Gasteiger partial charge in [0, 0.05) is 12.1 Å². The molecule has 1 heterocycles. The number of nitrogens with one attached hydrogen (secondary N) is 2. The highest BCUT2D eigenvalue weighted by Gasteiger charge is 2.25. The van der Waals surface area contributed by atoms with Crippen molar-refractivity contribution in [3.63, 3.8) is 0 Å². The number of carbonyl (C=O) groups is 2. The number of sulfone groups is 1. The van der Waals surface area contributed by atoms with E-state index in [2.05, 4.69) is 15.6 Å². The third-order valence-corrected chi connectivity index (χ3v) is 7.95. The smallest absolute Gasteiger partial charge is 0.263 e. The average molecular weight is 500 g/mol. The zero-order chi connectivity index (χ0) is 24.9. The fourth-order valence-electron chi connectivity index (χ4n) is 3.35. The summed E-state index contributed by atoms with van der Waals surface area (Å²) in [5.74, 6) is -0.754. The lowest BCUT2D eigenvalue weighted by atomic mass is 10.0. The molecular formula is C25H29N3O4S2. The number of hydrogen-bond acceptors (Lipinski definition) is 6. The molecule has 3 aromatic rings. The third kappa shape index (κ3) is 7.23. The molecule has 180 valence electrons. The summed E-state index contributed by atoms with van der Waals surface area (Å²) < 4.78 is 25.2. The number of rotatable bonds is 8. The molecule has 2 N–H and O–H groups in total. The lowest BCUT2D eigenvalue weighted by Crippen LogP contribution is -2.45. The van der Waals surface area contributed by atoms with E-state index >= 15 is 0 Å². The van der Waals surface area contributed by atoms with Gasteiger partial charge in [0.25, 0.3) is 5.91 Å². The first-order valence-corrected chi connectivity index (χ1v) is 13.3. The minimum Gasteiger partial charge on any atom is -0.339 e. The van der Waals surface area contributed by atoms with Gasteiger partial charge in [-0.1, -0.05) is 50.6 Å². The second-order valence-electron chi connectivity index (χ2n) is 9.41. The van der Waals surface area contributed by atoms with E-state index in [1.165, 1.54) is 29.7 Å². The normalized spacial score (nSPS) is 12.7. The topological polar surface area (TPSA) is 105 Å². The zero-order valence-electron chi connectivity index (χ0n) is 19.7. The van der Waals surface area contributed by atoms with Crippen LogP contribution in [0.5, 0.6) is 0 Å². The van der Waals surface area contributed by atoms with E-state index in [4.69, 9.17) is 0 Å². The van der Waals surface area contributed by atoms with E-state index in [-0.39, 0.29) is 22.0 Å². The Kier molecular flexibility index (Phi) is 7.89. The number of anilines is 1. The molecule has 7 nitrogen and oxygen atoms in total. The molecule has 0 spiro atoms. The second kappa shape index (κ2) is 10.5. The molecule has 9 heteroatoms. The average Bonchev–Trinajstić information content (AvgIpc) is 3.28. The van der Waals surface area contributed by atoms with Crippen molar-refractivity contribution >= 4 is 38.7 Å². The van der Waals surface area contributed by atoms with Gasteiger partial charge in [0.1, 0.15) is 10.9 Å². The van der Waals surface area contributed by atoms with E-state index in [0.717, 1.165) is 11.1 Å². The van der Waals surface area contributed by atoms with Crippen LogP contribution >= 0.6 is 11.3 Å². The van der Waals surface area contributed by atoms with Gasteiger partial charge >= 0.3 is 0 Å². The summed E-state index contributed by atoms with van der Waals surface area (Å²) in [5.41, 5.74) is 3.63. The molecule has 0 saturated carbocycles. The molecule has 1 atom stereocenters. The van der Waals surface area contributed by atoms with Crippen LogP contribution < -0.4 is 10.6 Å². The molecule has 0 saturated heterocycles. The van der Waals surface area contributed by atoms with Gasteiger partial charge in [-0.25, -0.2) is 8.42 Å². The molecule has 0 unspecified atom stereocenters. The Morgan fingerprint density at radius 1 is 1.03 bits per heavy atom. The van der Waals surface area contributed by atoms with Crippen molar-refractivity contribution in [3.05, 3.63) is 76.2 Å². The summed E-state index contributed by atoms with van der Waals surface area (Å²) in [6.45, 7) is 7.58. The van der Waals surface area contributed by atoms with Crippen molar-refractivity contribution in [1.29, 1.82) is 0 Å². The Hall–Kier alpha value is -3.04. The molecule has 1 aromatic heterocycles. The number of nitrogens with zero attached hydrogens (tertiary/aromatic N) is 1. The van der Waals surface area contributed by atoms with Gasteiger partial charge in [0.15, 0.2) is 9.84 Å². The van der Waals surface area contributed by atoms with Crippen LogP contribution in [-0.2, 0) is 21.1 Å². The Bertz CT molecular complexity index is 1230. The Balaban J connectivity index is 1.76. The highest BCUT2D eigenvalue weighted by molar-refractivity contribution is 7.91. The predicted octanol–water partition coefficient (Wildman–Crippen LogP) is 4.25. The summed E-state index contributed by atoms with van der Waals surface area (Å²) >= 11 is 1.19. The van der Waals surface area contributed by atoms with Crippen molar-refractivity contribution in [2.24, 2.45) is 5.41 Å². The third-order valence-electron chi connectivity index (χ3n) is 4.94. The number of thiazole rings is 1. The molecule has 0 aliphatic carbocycles. The van der Waals surface area contributed by atoms with Crippen LogP contribution in [0, 0.1) is 12.3 Å². The summed E-state index contributed by atoms with van der Waals surface area (Å²) in [5, 5.41) is 5.58. The van der Waals surface area contributed by atoms with Crippen LogP contribution in [0.25, 0.3) is 0 Å². The number of amides is 2. The molecule has 2 aromatic carbocycles. The molecule has 34 heavy (non-hydrogen) atoms. The zero-order valence-corrected chi connectivity index (χ0v) is 21.3. The fraction of sp³-hybridized carbons (Fsp3) is 0.320. The number of hydrogen-bond donors (Lipinski definition) is 2. The van der Waals surface area contributed by atoms with Crippen molar-refractivity contribution in [2.75, 3.05) is 11.1 Å². The highest BCUT2D eigenvalue weighted by atomic mass is 32.2. The first-order valence-electron chi connectivity index (χ1n) is 10.8. The summed E-state index contributed by atoms with van der Waals surface area (Å²) in [4.78, 5) is 30.2. The van der Waals surface area contributed by atoms with Gasteiger partial charge in [-0.3, -0.25) is 14.6 Å². The van der Waals surface area contributed by atoms with Crippen molar-refractivity contribution in [3.8, 4) is 0 Å². The Morgan fingerprint density at radius 3 is 2.24 bits per heavy atom. The van der Waals surface area contributed by atoms with Crippen LogP contribution in [0.2, 0.25) is 0 Å². The Morgan fingerprint density at radius 2 is 1.68 bits per heavy atom. The maximum absolute atomic E-state index is 13.1. The van der Waals surface area contributed by atoms with Crippen LogP contribution in [0.1, 0.15) is 41.6 Å². The van der Waals surface area contributed by atoms with E-state index in [9.17, 15) is 18.0 Å². The molecular weight excluding hydrogens is 470 g/mol. The minimum atomic E-state index is -3.44. The fourth-order valence-corrected chi connectivity index (χ4v) is 5.74. The van der Waals surface area contributed by atoms with Gasteiger partial charge in [-0.15, -0.1) is 11.3 Å². The second-order valence-corrected chi connectivity index (χ2v) is 12.3. The summed E-state index contributed by atoms with van der Waals surface area (Å²) in [6.07, 6.45) is 1.76. The summed E-state index contributed by atoms with van der Waals surface area (Å²) in [7, 11) is -3.44. The SMILES string of the molecule is Cc1ccc(C[C@H](NC(=O)c2cncs2)C(=O)Nc2ccc(S(=O)(=O)CC(C)(C)C)cc2)cc1. The van der Waals surface area contributed by atoms with E-state index in [0.29, 0.717) is 17.0 Å². The first kappa shape index (κ1) is 25.6. The quantitative estimate of drug-likeness (QED) is 0.482. The van der Waals surface area contributed by atoms with Crippen LogP contribution in [0.4, 0.5) is 5.69 Å². The molecule has 0 aliphatic heterocycles. The van der Waals surface area contributed by atoms with Crippen molar-refractivity contribution in [1.82, 2.24) is 10.3 Å². The van der Waals surface area contributed by atoms with E-state index < -0.39 is 21.8 Å². The van der Waals surface area contributed by atoms with E-state index in [1.807, 2.05) is 52.0 Å². The van der Waals surface area contributed by atoms with Gasteiger partial charge < -0.3 is 10.6 Å². The molecule has 2 amide bonds. The molecule has 0 bridgehead atoms. The van der Waals surface area contributed by atoms with Gasteiger partial charge in [0.2, 0.25) is 5.91 Å². The van der Waals surface area contributed by atoms with Gasteiger partial charge in [-0.05, 0) is 42.2 Å². The lowest BCUT2D eigenvalue weighted by Gasteiger charge is -2.19. The Labute approximate surface area is 204 Å². The highest BCUT2D eigenvalue weighted by Crippen LogP contribution is 2.23. The molecule has 0 aliphatic rings. The molecule has 3 rings (SSSR count). The number of benzene rings is 2. The maximum Gasteiger partial charge on any atom is 0.263 e. The largest absolute Gasteiger partial charge is 0.339 e. The maximum atomic E-state index is 13.1. The number of carbonyl (C=O) groups excluding carboxylic acids is 2. The van der Waals surface area contributed by atoms with Crippen molar-refractivity contribution < 1.29 is 18.0 Å². The van der Waals surface area contributed by atoms with Gasteiger partial charge in [-0.2, -0.15) is 0 Å². The standard InChI is InChI=1S/C25H29N3O4S2/c1-17-5-7-18(8-6-17)13-21(28-24(30)22-14-26-16-33-22)23(29)27-19-9-11-20(12-10-19)34(31,32)15-25(2,3)4/h5-12,14,16,21H,13,15H2,1-4H3,(H,27,29)(H,28,30)/t21-/m0/s1. The van der Waals surface area contributed by atoms with Crippen LogP contribution in [0.15, 0.2) is 65.1 Å². The molecule has 0 fully saturated rings. The van der Waals surface area contributed by atoms with Crippen LogP contribution in [0.3, 0.4) is 0 Å². The van der Waals surface area contributed by atoms with Crippen LogP contribution in [-0.4, -0.2) is 37.0 Å². The lowest BCUT2D eigenvalue weighted by molar-refractivity contribution is -0.118. The number of aryl methyl sites for hydroxylation is 1. The molecule has 0 radical (unpaired) electrons. The van der Waals surface area contributed by atoms with E-state index in [1.54, 1.807) is 17.6 Å².